The van der Waals surface area contributed by atoms with E-state index in [1.807, 2.05) is 0 Å². The molecule has 3 N–H and O–H groups in total. The number of nitrogen functional groups attached to an aromatic ring is 1. The zero-order chi connectivity index (χ0) is 13.9. The first-order valence-corrected chi connectivity index (χ1v) is 5.95. The fourth-order valence-electron chi connectivity index (χ4n) is 1.77. The first-order chi connectivity index (χ1) is 8.96. The number of halogens is 3. The van der Waals surface area contributed by atoms with Gasteiger partial charge < -0.3 is 20.5 Å². The molecular formula is C12H15F3N2O2. The van der Waals surface area contributed by atoms with Crippen LogP contribution in [0.15, 0.2) is 12.1 Å². The number of anilines is 2. The van der Waals surface area contributed by atoms with Crippen LogP contribution in [0.5, 0.6) is 11.5 Å². The van der Waals surface area contributed by atoms with Crippen LogP contribution in [0, 0.1) is 0 Å². The van der Waals surface area contributed by atoms with Crippen molar-refractivity contribution in [1.82, 2.24) is 0 Å². The summed E-state index contributed by atoms with van der Waals surface area (Å²) in [6.07, 6.45) is -4.94. The van der Waals surface area contributed by atoms with Crippen LogP contribution >= 0.6 is 0 Å². The number of rotatable bonds is 4. The molecule has 1 aromatic carbocycles. The molecule has 1 aliphatic rings. The molecule has 0 aliphatic carbocycles. The van der Waals surface area contributed by atoms with Crippen LogP contribution in [0.1, 0.15) is 12.8 Å². The summed E-state index contributed by atoms with van der Waals surface area (Å²) in [5.74, 6) is 1.11. The van der Waals surface area contributed by atoms with E-state index in [1.54, 1.807) is 12.1 Å². The predicted octanol–water partition coefficient (Wildman–Crippen LogP) is 2.79. The lowest BCUT2D eigenvalue weighted by Gasteiger charge is -2.20. The van der Waals surface area contributed by atoms with Gasteiger partial charge in [-0.3, -0.25) is 0 Å². The highest BCUT2D eigenvalue weighted by atomic mass is 19.4. The van der Waals surface area contributed by atoms with Crippen LogP contribution in [-0.4, -0.2) is 25.9 Å². The van der Waals surface area contributed by atoms with Gasteiger partial charge in [-0.25, -0.2) is 0 Å². The number of nitrogens with two attached hydrogens (primary N) is 1. The number of benzene rings is 1. The van der Waals surface area contributed by atoms with Crippen molar-refractivity contribution in [3.8, 4) is 11.5 Å². The van der Waals surface area contributed by atoms with Gasteiger partial charge in [0.25, 0.3) is 0 Å². The molecule has 0 unspecified atom stereocenters. The molecule has 1 heterocycles. The van der Waals surface area contributed by atoms with E-state index in [0.717, 1.165) is 0 Å². The first kappa shape index (κ1) is 13.6. The molecule has 7 heteroatoms. The lowest BCUT2D eigenvalue weighted by Crippen LogP contribution is -2.16. The van der Waals surface area contributed by atoms with Gasteiger partial charge in [0.05, 0.1) is 11.4 Å². The Morgan fingerprint density at radius 2 is 1.79 bits per heavy atom. The third-order valence-electron chi connectivity index (χ3n) is 2.67. The molecule has 1 aliphatic heterocycles. The van der Waals surface area contributed by atoms with Gasteiger partial charge in [0.2, 0.25) is 0 Å². The third kappa shape index (κ3) is 3.84. The molecule has 0 amide bonds. The maximum Gasteiger partial charge on any atom is 0.389 e. The number of hydrogen-bond acceptors (Lipinski definition) is 4. The average molecular weight is 276 g/mol. The molecule has 0 saturated carbocycles. The first-order valence-electron chi connectivity index (χ1n) is 5.95. The van der Waals surface area contributed by atoms with Gasteiger partial charge in [-0.15, -0.1) is 0 Å². The SMILES string of the molecule is Nc1cc2c(cc1NCCCC(F)(F)F)OCCO2. The number of hydrogen-bond donors (Lipinski definition) is 2. The highest BCUT2D eigenvalue weighted by Crippen LogP contribution is 2.37. The summed E-state index contributed by atoms with van der Waals surface area (Å²) in [5.41, 5.74) is 6.78. The molecule has 4 nitrogen and oxygen atoms in total. The van der Waals surface area contributed by atoms with Gasteiger partial charge in [-0.05, 0) is 6.42 Å². The van der Waals surface area contributed by atoms with Crippen molar-refractivity contribution < 1.29 is 22.6 Å². The van der Waals surface area contributed by atoms with E-state index in [9.17, 15) is 13.2 Å². The Labute approximate surface area is 108 Å². The van der Waals surface area contributed by atoms with Crippen molar-refractivity contribution in [2.75, 3.05) is 30.8 Å². The topological polar surface area (TPSA) is 56.5 Å². The highest BCUT2D eigenvalue weighted by molar-refractivity contribution is 5.72. The Balaban J connectivity index is 1.93. The lowest BCUT2D eigenvalue weighted by molar-refractivity contribution is -0.134. The minimum absolute atomic E-state index is 0.00260. The number of fused-ring (bicyclic) bond motifs is 1. The van der Waals surface area contributed by atoms with Crippen molar-refractivity contribution in [3.05, 3.63) is 12.1 Å². The molecule has 0 radical (unpaired) electrons. The van der Waals surface area contributed by atoms with Crippen molar-refractivity contribution in [2.24, 2.45) is 0 Å². The summed E-state index contributed by atoms with van der Waals surface area (Å²) in [6, 6.07) is 3.26. The Hall–Kier alpha value is -1.79. The smallest absolute Gasteiger partial charge is 0.389 e. The lowest BCUT2D eigenvalue weighted by atomic mass is 10.2. The summed E-state index contributed by atoms with van der Waals surface area (Å²) >= 11 is 0. The normalized spacial score (nSPS) is 14.3. The van der Waals surface area contributed by atoms with Crippen molar-refractivity contribution in [1.29, 1.82) is 0 Å². The van der Waals surface area contributed by atoms with Gasteiger partial charge in [0, 0.05) is 25.1 Å². The monoisotopic (exact) mass is 276 g/mol. The Morgan fingerprint density at radius 1 is 1.16 bits per heavy atom. The van der Waals surface area contributed by atoms with Gasteiger partial charge in [0.15, 0.2) is 11.5 Å². The molecule has 106 valence electrons. The number of ether oxygens (including phenoxy) is 2. The third-order valence-corrected chi connectivity index (χ3v) is 2.67. The predicted molar refractivity (Wildman–Crippen MR) is 65.6 cm³/mol. The summed E-state index contributed by atoms with van der Waals surface area (Å²) in [6.45, 7) is 1.11. The van der Waals surface area contributed by atoms with Crippen LogP contribution in [0.3, 0.4) is 0 Å². The van der Waals surface area contributed by atoms with E-state index in [-0.39, 0.29) is 13.0 Å². The van der Waals surface area contributed by atoms with Crippen molar-refractivity contribution >= 4 is 11.4 Å². The molecule has 2 rings (SSSR count). The van der Waals surface area contributed by atoms with Crippen LogP contribution in [0.4, 0.5) is 24.5 Å². The van der Waals surface area contributed by atoms with Crippen molar-refractivity contribution in [3.63, 3.8) is 0 Å². The van der Waals surface area contributed by atoms with E-state index in [4.69, 9.17) is 15.2 Å². The van der Waals surface area contributed by atoms with Gasteiger partial charge in [-0.2, -0.15) is 13.2 Å². The fraction of sp³-hybridized carbons (Fsp3) is 0.500. The van der Waals surface area contributed by atoms with E-state index in [0.29, 0.717) is 36.1 Å². The van der Waals surface area contributed by atoms with Crippen LogP contribution in [0.25, 0.3) is 0 Å². The zero-order valence-electron chi connectivity index (χ0n) is 10.2. The fourth-order valence-corrected chi connectivity index (χ4v) is 1.77. The van der Waals surface area contributed by atoms with Gasteiger partial charge in [0.1, 0.15) is 13.2 Å². The standard InChI is InChI=1S/C12H15F3N2O2/c13-12(14,15)2-1-3-17-9-7-11-10(6-8(9)16)18-4-5-19-11/h6-7,17H,1-5,16H2. The summed E-state index contributed by atoms with van der Waals surface area (Å²) < 4.78 is 46.7. The Bertz CT molecular complexity index is 449. The summed E-state index contributed by atoms with van der Waals surface area (Å²) in [7, 11) is 0. The van der Waals surface area contributed by atoms with E-state index in [2.05, 4.69) is 5.32 Å². The second-order valence-corrected chi connectivity index (χ2v) is 4.23. The van der Waals surface area contributed by atoms with Gasteiger partial charge >= 0.3 is 6.18 Å². The highest BCUT2D eigenvalue weighted by Gasteiger charge is 2.25. The molecule has 0 atom stereocenters. The van der Waals surface area contributed by atoms with Crippen LogP contribution < -0.4 is 20.5 Å². The van der Waals surface area contributed by atoms with E-state index < -0.39 is 12.6 Å². The molecule has 0 saturated heterocycles. The second-order valence-electron chi connectivity index (χ2n) is 4.23. The summed E-state index contributed by atoms with van der Waals surface area (Å²) in [5, 5.41) is 2.88. The minimum atomic E-state index is -4.12. The maximum absolute atomic E-state index is 12.0. The zero-order valence-corrected chi connectivity index (χ0v) is 10.2. The molecule has 19 heavy (non-hydrogen) atoms. The molecule has 0 fully saturated rings. The average Bonchev–Trinajstić information content (AvgIpc) is 2.33. The maximum atomic E-state index is 12.0. The van der Waals surface area contributed by atoms with E-state index >= 15 is 0 Å². The molecule has 0 bridgehead atoms. The molecule has 0 aromatic heterocycles. The number of alkyl halides is 3. The summed E-state index contributed by atoms with van der Waals surface area (Å²) in [4.78, 5) is 0. The van der Waals surface area contributed by atoms with Gasteiger partial charge in [-0.1, -0.05) is 0 Å². The molecule has 0 spiro atoms. The molecule has 1 aromatic rings. The minimum Gasteiger partial charge on any atom is -0.486 e. The van der Waals surface area contributed by atoms with E-state index in [1.165, 1.54) is 0 Å². The van der Waals surface area contributed by atoms with Crippen LogP contribution in [-0.2, 0) is 0 Å². The van der Waals surface area contributed by atoms with Crippen molar-refractivity contribution in [2.45, 2.75) is 19.0 Å². The Kier molecular flexibility index (Phi) is 3.92. The molecular weight excluding hydrogens is 261 g/mol. The quantitative estimate of drug-likeness (QED) is 0.656. The number of nitrogens with one attached hydrogen (secondary N) is 1. The van der Waals surface area contributed by atoms with Crippen LogP contribution in [0.2, 0.25) is 0 Å². The second kappa shape index (κ2) is 5.46. The Morgan fingerprint density at radius 3 is 2.42 bits per heavy atom. The largest absolute Gasteiger partial charge is 0.486 e.